The van der Waals surface area contributed by atoms with E-state index in [2.05, 4.69) is 14.7 Å². The molecule has 0 aliphatic carbocycles. The molecule has 8 rings (SSSR count). The Labute approximate surface area is 363 Å². The van der Waals surface area contributed by atoms with Crippen LogP contribution in [0.3, 0.4) is 0 Å². The number of carboxylic acids is 2. The predicted molar refractivity (Wildman–Crippen MR) is 232 cm³/mol. The molecule has 63 heavy (non-hydrogen) atoms. The molecule has 3 aromatic carbocycles. The van der Waals surface area contributed by atoms with Gasteiger partial charge in [0.05, 0.1) is 9.79 Å². The van der Waals surface area contributed by atoms with Crippen LogP contribution in [0.15, 0.2) is 130 Å². The van der Waals surface area contributed by atoms with E-state index in [1.165, 1.54) is 70.1 Å². The number of aryl methyl sites for hydroxylation is 1. The van der Waals surface area contributed by atoms with E-state index in [0.29, 0.717) is 21.6 Å². The Hall–Kier alpha value is -6.76. The van der Waals surface area contributed by atoms with Crippen molar-refractivity contribution < 1.29 is 45.4 Å². The highest BCUT2D eigenvalue weighted by molar-refractivity contribution is 7.92. The Morgan fingerprint density at radius 3 is 1.79 bits per heavy atom. The van der Waals surface area contributed by atoms with Gasteiger partial charge in [-0.1, -0.05) is 30.3 Å². The van der Waals surface area contributed by atoms with Gasteiger partial charge in [0.25, 0.3) is 10.0 Å². The maximum absolute atomic E-state index is 15.2. The fraction of sp³-hybridized carbons (Fsp3) is 0.156. The minimum atomic E-state index is -4.23. The smallest absolute Gasteiger partial charge is 0.329 e. The quantitative estimate of drug-likeness (QED) is 0.0955. The molecule has 2 unspecified atom stereocenters. The Bertz CT molecular complexity index is 3330. The number of nitrogens with zero attached hydrogens (tertiary/aromatic N) is 4. The normalized spacial score (nSPS) is 13.0. The van der Waals surface area contributed by atoms with Crippen LogP contribution in [-0.4, -0.2) is 58.1 Å². The molecule has 0 spiro atoms. The molecule has 13 nitrogen and oxygen atoms in total. The molecule has 5 heterocycles. The van der Waals surface area contributed by atoms with Gasteiger partial charge in [-0.05, 0) is 115 Å². The van der Waals surface area contributed by atoms with E-state index in [9.17, 15) is 36.6 Å². The molecule has 0 aliphatic heterocycles. The van der Waals surface area contributed by atoms with Gasteiger partial charge >= 0.3 is 11.9 Å². The van der Waals surface area contributed by atoms with Gasteiger partial charge in [0.2, 0.25) is 9.84 Å². The Morgan fingerprint density at radius 1 is 0.714 bits per heavy atom. The summed E-state index contributed by atoms with van der Waals surface area (Å²) >= 11 is 1.16. The number of hydrogen-bond acceptors (Lipinski definition) is 9. The number of pyridine rings is 2. The molecule has 0 saturated heterocycles. The minimum Gasteiger partial charge on any atom is -0.480 e. The second-order valence-corrected chi connectivity index (χ2v) is 19.3. The highest BCUT2D eigenvalue weighted by atomic mass is 32.2. The monoisotopic (exact) mass is 909 g/mol. The van der Waals surface area contributed by atoms with Gasteiger partial charge in [-0.2, -0.15) is 0 Å². The number of fused-ring (bicyclic) bond motifs is 2. The zero-order valence-electron chi connectivity index (χ0n) is 33.7. The average molecular weight is 910 g/mol. The summed E-state index contributed by atoms with van der Waals surface area (Å²) in [6.45, 7) is 4.76. The minimum absolute atomic E-state index is 0.0113. The summed E-state index contributed by atoms with van der Waals surface area (Å²) in [7, 11) is -8.36. The lowest BCUT2D eigenvalue weighted by Crippen LogP contribution is -2.35. The van der Waals surface area contributed by atoms with Gasteiger partial charge in [0.15, 0.2) is 17.1 Å². The SMILES string of the molecule is Cc1csc(Cc2c(C)n(C(C(=O)O)C(C(=O)O)n3c(C)c(Cc4ccccc4S(=O)(=O)Nc4ccccn4)c4cc(F)ccc43)c3ccc(F)cc23)c1S(=O)(=O)c1ccccn1. The first-order chi connectivity index (χ1) is 30.0. The molecule has 5 aromatic heterocycles. The van der Waals surface area contributed by atoms with Crippen molar-refractivity contribution in [3.8, 4) is 0 Å². The third-order valence-corrected chi connectivity index (χ3v) is 15.7. The first-order valence-corrected chi connectivity index (χ1v) is 23.1. The lowest BCUT2D eigenvalue weighted by molar-refractivity contribution is -0.151. The molecule has 8 aromatic rings. The lowest BCUT2D eigenvalue weighted by Gasteiger charge is -2.27. The number of carbonyl (C=O) groups is 2. The first kappa shape index (κ1) is 42.9. The van der Waals surface area contributed by atoms with Crippen LogP contribution >= 0.6 is 11.3 Å². The van der Waals surface area contributed by atoms with Crippen molar-refractivity contribution in [2.24, 2.45) is 0 Å². The maximum atomic E-state index is 15.2. The molecule has 0 saturated carbocycles. The van der Waals surface area contributed by atoms with Crippen LogP contribution in [-0.2, 0) is 42.3 Å². The predicted octanol–water partition coefficient (Wildman–Crippen LogP) is 8.42. The van der Waals surface area contributed by atoms with Crippen LogP contribution in [0.1, 0.15) is 50.6 Å². The van der Waals surface area contributed by atoms with E-state index in [1.807, 2.05) is 0 Å². The van der Waals surface area contributed by atoms with E-state index in [-0.39, 0.29) is 72.2 Å². The first-order valence-electron chi connectivity index (χ1n) is 19.3. The number of benzene rings is 3. The molecule has 0 amide bonds. The van der Waals surface area contributed by atoms with Crippen LogP contribution < -0.4 is 4.72 Å². The van der Waals surface area contributed by atoms with E-state index in [1.54, 1.807) is 62.5 Å². The fourth-order valence-electron chi connectivity index (χ4n) is 8.36. The summed E-state index contributed by atoms with van der Waals surface area (Å²) < 4.78 is 90.7. The number of aromatic nitrogens is 4. The van der Waals surface area contributed by atoms with Crippen LogP contribution in [0.4, 0.5) is 14.6 Å². The number of halogens is 2. The lowest BCUT2D eigenvalue weighted by atomic mass is 10.0. The molecule has 18 heteroatoms. The Morgan fingerprint density at radius 2 is 1.25 bits per heavy atom. The molecule has 0 radical (unpaired) electrons. The number of hydrogen-bond donors (Lipinski definition) is 3. The van der Waals surface area contributed by atoms with Crippen molar-refractivity contribution in [1.82, 2.24) is 19.1 Å². The zero-order valence-corrected chi connectivity index (χ0v) is 36.1. The number of carboxylic acid groups (broad SMARTS) is 2. The molecular formula is C45H37F2N5O8S3. The molecule has 322 valence electrons. The summed E-state index contributed by atoms with van der Waals surface area (Å²) in [5, 5.41) is 24.2. The van der Waals surface area contributed by atoms with Crippen LogP contribution in [0.5, 0.6) is 0 Å². The van der Waals surface area contributed by atoms with Crippen molar-refractivity contribution in [2.45, 2.75) is 60.5 Å². The van der Waals surface area contributed by atoms with E-state index in [0.717, 1.165) is 23.5 Å². The number of rotatable bonds is 14. The van der Waals surface area contributed by atoms with Crippen LogP contribution in [0, 0.1) is 32.4 Å². The molecule has 0 bridgehead atoms. The van der Waals surface area contributed by atoms with Gasteiger partial charge in [-0.3, -0.25) is 4.72 Å². The summed E-state index contributed by atoms with van der Waals surface area (Å²) in [5.74, 6) is -4.39. The van der Waals surface area contributed by atoms with Crippen molar-refractivity contribution in [3.05, 3.63) is 165 Å². The second-order valence-electron chi connectivity index (χ2n) is 14.9. The molecule has 3 N–H and O–H groups in total. The fourth-order valence-corrected chi connectivity index (χ4v) is 12.6. The zero-order chi connectivity index (χ0) is 45.0. The number of sulfone groups is 1. The van der Waals surface area contributed by atoms with Crippen molar-refractivity contribution in [2.75, 3.05) is 4.72 Å². The van der Waals surface area contributed by atoms with Crippen molar-refractivity contribution in [3.63, 3.8) is 0 Å². The van der Waals surface area contributed by atoms with Crippen molar-refractivity contribution >= 4 is 70.8 Å². The number of aliphatic carboxylic acids is 2. The van der Waals surface area contributed by atoms with Gasteiger partial charge in [-0.15, -0.1) is 11.3 Å². The Kier molecular flexibility index (Phi) is 11.2. The topological polar surface area (TPSA) is 191 Å². The van der Waals surface area contributed by atoms with Crippen LogP contribution in [0.25, 0.3) is 21.8 Å². The Balaban J connectivity index is 1.28. The van der Waals surface area contributed by atoms with E-state index >= 15 is 8.78 Å². The van der Waals surface area contributed by atoms with Crippen LogP contribution in [0.2, 0.25) is 0 Å². The summed E-state index contributed by atoms with van der Waals surface area (Å²) in [6, 6.07) is 18.8. The highest BCUT2D eigenvalue weighted by Gasteiger charge is 2.41. The van der Waals surface area contributed by atoms with Gasteiger partial charge in [0.1, 0.15) is 17.5 Å². The highest BCUT2D eigenvalue weighted by Crippen LogP contribution is 2.42. The number of thiophene rings is 1. The number of sulfonamides is 1. The van der Waals surface area contributed by atoms with Crippen molar-refractivity contribution in [1.29, 1.82) is 0 Å². The molecule has 2 atom stereocenters. The maximum Gasteiger partial charge on any atom is 0.329 e. The summed E-state index contributed by atoms with van der Waals surface area (Å²) in [4.78, 5) is 35.8. The number of nitrogens with one attached hydrogen (secondary N) is 1. The molecular weight excluding hydrogens is 873 g/mol. The summed E-state index contributed by atoms with van der Waals surface area (Å²) in [6.07, 6.45) is 2.56. The third-order valence-electron chi connectivity index (χ3n) is 11.1. The van der Waals surface area contributed by atoms with E-state index < -0.39 is 55.5 Å². The molecule has 0 aliphatic rings. The number of anilines is 1. The average Bonchev–Trinajstić information content (AvgIpc) is 3.84. The standard InChI is InChI=1S/C45H37F2N5O8S3/c1-25-24-61-37(43(25)62(57,58)40-13-7-9-19-49-40)23-32-27(3)52(36-17-15-30(47)22-34(32)36)42(45(55)56)41(44(53)54)51-26(2)31(33-21-29(46)14-16-35(33)51)20-28-10-4-5-11-38(28)63(59,60)50-39-12-6-8-18-48-39/h4-19,21-22,24,41-42H,20,23H2,1-3H3,(H,48,50)(H,53,54)(H,55,56). The largest absolute Gasteiger partial charge is 0.480 e. The molecule has 0 fully saturated rings. The van der Waals surface area contributed by atoms with E-state index in [4.69, 9.17) is 0 Å². The second kappa shape index (κ2) is 16.5. The summed E-state index contributed by atoms with van der Waals surface area (Å²) in [5.41, 5.74) is 2.23. The third kappa shape index (κ3) is 7.74. The van der Waals surface area contributed by atoms with Gasteiger partial charge in [-0.25, -0.2) is 45.2 Å². The van der Waals surface area contributed by atoms with Gasteiger partial charge < -0.3 is 19.3 Å². The van der Waals surface area contributed by atoms with Gasteiger partial charge in [0, 0.05) is 63.3 Å².